The maximum Gasteiger partial charge on any atom is 0.270 e. The van der Waals surface area contributed by atoms with Gasteiger partial charge in [-0.2, -0.15) is 0 Å². The summed E-state index contributed by atoms with van der Waals surface area (Å²) in [5.74, 6) is -0.276. The second-order valence-electron chi connectivity index (χ2n) is 5.66. The van der Waals surface area contributed by atoms with E-state index in [1.54, 1.807) is 43.5 Å². The maximum atomic E-state index is 13.0. The number of hydrogen-bond acceptors (Lipinski definition) is 4. The monoisotopic (exact) mass is 430 g/mol. The lowest BCUT2D eigenvalue weighted by atomic mass is 10.1. The van der Waals surface area contributed by atoms with E-state index in [1.165, 1.54) is 4.90 Å². The molecule has 1 fully saturated rings. The van der Waals surface area contributed by atoms with Crippen LogP contribution < -0.4 is 15.0 Å². The minimum absolute atomic E-state index is 0.0195. The van der Waals surface area contributed by atoms with Gasteiger partial charge in [-0.25, -0.2) is 0 Å². The number of aryl methyl sites for hydroxylation is 1. The van der Waals surface area contributed by atoms with Crippen molar-refractivity contribution in [3.63, 3.8) is 0 Å². The van der Waals surface area contributed by atoms with E-state index in [0.717, 1.165) is 10.0 Å². The molecule has 0 radical (unpaired) electrons. The van der Waals surface area contributed by atoms with Crippen molar-refractivity contribution in [2.45, 2.75) is 6.92 Å². The Morgan fingerprint density at radius 3 is 2.46 bits per heavy atom. The average Bonchev–Trinajstić information content (AvgIpc) is 2.61. The van der Waals surface area contributed by atoms with Crippen LogP contribution in [-0.2, 0) is 9.59 Å². The van der Waals surface area contributed by atoms with Crippen LogP contribution in [0.1, 0.15) is 11.1 Å². The van der Waals surface area contributed by atoms with Crippen LogP contribution in [0.25, 0.3) is 6.08 Å². The van der Waals surface area contributed by atoms with Crippen molar-refractivity contribution in [3.05, 3.63) is 63.6 Å². The van der Waals surface area contributed by atoms with Gasteiger partial charge in [-0.05, 0) is 66.7 Å². The van der Waals surface area contributed by atoms with E-state index in [-0.39, 0.29) is 10.7 Å². The van der Waals surface area contributed by atoms with Crippen LogP contribution in [0.4, 0.5) is 5.69 Å². The molecule has 2 aromatic carbocycles. The van der Waals surface area contributed by atoms with Crippen molar-refractivity contribution in [1.29, 1.82) is 0 Å². The molecule has 2 amide bonds. The second kappa shape index (κ2) is 7.39. The second-order valence-corrected chi connectivity index (χ2v) is 6.96. The number of thiocarbonyl (C=S) groups is 1. The van der Waals surface area contributed by atoms with Crippen molar-refractivity contribution < 1.29 is 14.3 Å². The van der Waals surface area contributed by atoms with E-state index in [0.29, 0.717) is 17.0 Å². The fourth-order valence-corrected chi connectivity index (χ4v) is 3.36. The van der Waals surface area contributed by atoms with Gasteiger partial charge in [0.1, 0.15) is 11.3 Å². The largest absolute Gasteiger partial charge is 0.497 e. The molecule has 0 saturated carbocycles. The zero-order valence-corrected chi connectivity index (χ0v) is 16.5. The summed E-state index contributed by atoms with van der Waals surface area (Å²) in [6, 6.07) is 12.6. The zero-order valence-electron chi connectivity index (χ0n) is 14.1. The van der Waals surface area contributed by atoms with Crippen molar-refractivity contribution >= 4 is 56.8 Å². The molecule has 1 saturated heterocycles. The van der Waals surface area contributed by atoms with Gasteiger partial charge in [0.05, 0.1) is 12.8 Å². The molecule has 3 rings (SSSR count). The van der Waals surface area contributed by atoms with Gasteiger partial charge in [-0.3, -0.25) is 19.8 Å². The van der Waals surface area contributed by atoms with Crippen LogP contribution in [0.3, 0.4) is 0 Å². The molecule has 1 aliphatic heterocycles. The van der Waals surface area contributed by atoms with Crippen LogP contribution in [0, 0.1) is 6.92 Å². The predicted molar refractivity (Wildman–Crippen MR) is 108 cm³/mol. The topological polar surface area (TPSA) is 58.6 Å². The SMILES string of the molecule is COc1ccc(C=C2C(=O)NC(=S)N(c3ccc(Br)cc3C)C2=O)cc1. The van der Waals surface area contributed by atoms with Crippen molar-refractivity contribution in [1.82, 2.24) is 5.32 Å². The lowest BCUT2D eigenvalue weighted by Crippen LogP contribution is -2.54. The molecule has 1 aliphatic rings. The molecule has 1 heterocycles. The molecule has 26 heavy (non-hydrogen) atoms. The highest BCUT2D eigenvalue weighted by Gasteiger charge is 2.35. The molecule has 7 heteroatoms. The highest BCUT2D eigenvalue weighted by Crippen LogP contribution is 2.27. The molecule has 0 bridgehead atoms. The van der Waals surface area contributed by atoms with Gasteiger partial charge in [-0.15, -0.1) is 0 Å². The minimum Gasteiger partial charge on any atom is -0.497 e. The van der Waals surface area contributed by atoms with Crippen LogP contribution in [-0.4, -0.2) is 24.0 Å². The van der Waals surface area contributed by atoms with Gasteiger partial charge in [-0.1, -0.05) is 28.1 Å². The third-order valence-corrected chi connectivity index (χ3v) is 4.71. The Kier molecular flexibility index (Phi) is 5.20. The van der Waals surface area contributed by atoms with E-state index >= 15 is 0 Å². The Balaban J connectivity index is 2.01. The molecular formula is C19H15BrN2O3S. The van der Waals surface area contributed by atoms with Crippen molar-refractivity contribution in [2.24, 2.45) is 0 Å². The summed E-state index contributed by atoms with van der Waals surface area (Å²) < 4.78 is 6.01. The highest BCUT2D eigenvalue weighted by atomic mass is 79.9. The Morgan fingerprint density at radius 1 is 1.15 bits per heavy atom. The first-order valence-electron chi connectivity index (χ1n) is 7.72. The fourth-order valence-electron chi connectivity index (χ4n) is 2.61. The number of hydrogen-bond donors (Lipinski definition) is 1. The molecule has 0 atom stereocenters. The minimum atomic E-state index is -0.512. The van der Waals surface area contributed by atoms with Crippen LogP contribution in [0.15, 0.2) is 52.5 Å². The first-order chi connectivity index (χ1) is 12.4. The zero-order chi connectivity index (χ0) is 18.8. The number of amides is 2. The molecule has 132 valence electrons. The molecule has 0 aliphatic carbocycles. The van der Waals surface area contributed by atoms with Crippen LogP contribution in [0.5, 0.6) is 5.75 Å². The molecule has 0 aromatic heterocycles. The molecule has 5 nitrogen and oxygen atoms in total. The highest BCUT2D eigenvalue weighted by molar-refractivity contribution is 9.10. The Hall–Kier alpha value is -2.51. The Morgan fingerprint density at radius 2 is 1.85 bits per heavy atom. The summed E-state index contributed by atoms with van der Waals surface area (Å²) in [5, 5.41) is 2.65. The number of ether oxygens (including phenoxy) is 1. The third kappa shape index (κ3) is 3.54. The van der Waals surface area contributed by atoms with Gasteiger partial charge in [0.15, 0.2) is 5.11 Å². The number of methoxy groups -OCH3 is 1. The quantitative estimate of drug-likeness (QED) is 0.459. The number of nitrogens with zero attached hydrogens (tertiary/aromatic N) is 1. The van der Waals surface area contributed by atoms with E-state index in [4.69, 9.17) is 17.0 Å². The number of rotatable bonds is 3. The summed E-state index contributed by atoms with van der Waals surface area (Å²) in [6.45, 7) is 1.87. The normalized spacial score (nSPS) is 16.0. The van der Waals surface area contributed by atoms with E-state index in [1.807, 2.05) is 19.1 Å². The maximum absolute atomic E-state index is 13.0. The number of nitrogens with one attached hydrogen (secondary N) is 1. The molecule has 0 spiro atoms. The summed E-state index contributed by atoms with van der Waals surface area (Å²) in [4.78, 5) is 26.6. The van der Waals surface area contributed by atoms with E-state index in [9.17, 15) is 9.59 Å². The van der Waals surface area contributed by atoms with Crippen molar-refractivity contribution in [3.8, 4) is 5.75 Å². The van der Waals surface area contributed by atoms with Crippen LogP contribution in [0.2, 0.25) is 0 Å². The van der Waals surface area contributed by atoms with Gasteiger partial charge >= 0.3 is 0 Å². The molecule has 2 aromatic rings. The van der Waals surface area contributed by atoms with E-state index < -0.39 is 11.8 Å². The van der Waals surface area contributed by atoms with Gasteiger partial charge in [0.2, 0.25) is 0 Å². The van der Waals surface area contributed by atoms with Crippen LogP contribution >= 0.6 is 28.1 Å². The Labute approximate surface area is 164 Å². The number of anilines is 1. The molecular weight excluding hydrogens is 416 g/mol. The third-order valence-electron chi connectivity index (χ3n) is 3.93. The summed E-state index contributed by atoms with van der Waals surface area (Å²) in [6.07, 6.45) is 1.54. The average molecular weight is 431 g/mol. The molecule has 0 unspecified atom stereocenters. The fraction of sp³-hybridized carbons (Fsp3) is 0.105. The van der Waals surface area contributed by atoms with Gasteiger partial charge in [0, 0.05) is 4.47 Å². The standard InChI is InChI=1S/C19H15BrN2O3S/c1-11-9-13(20)5-8-16(11)22-18(24)15(17(23)21-19(22)26)10-12-3-6-14(25-2)7-4-12/h3-10H,1-2H3,(H,21,23,26). The lowest BCUT2D eigenvalue weighted by molar-refractivity contribution is -0.122. The summed E-state index contributed by atoms with van der Waals surface area (Å²) in [7, 11) is 1.57. The summed E-state index contributed by atoms with van der Waals surface area (Å²) in [5.41, 5.74) is 2.22. The first kappa shape index (κ1) is 18.3. The number of halogens is 1. The predicted octanol–water partition coefficient (Wildman–Crippen LogP) is 3.60. The van der Waals surface area contributed by atoms with Gasteiger partial charge in [0.25, 0.3) is 11.8 Å². The number of carbonyl (C=O) groups excluding carboxylic acids is 2. The van der Waals surface area contributed by atoms with Gasteiger partial charge < -0.3 is 4.74 Å². The Bertz CT molecular complexity index is 938. The lowest BCUT2D eigenvalue weighted by Gasteiger charge is -2.30. The van der Waals surface area contributed by atoms with E-state index in [2.05, 4.69) is 21.2 Å². The molecule has 1 N–H and O–H groups in total. The first-order valence-corrected chi connectivity index (χ1v) is 8.92. The number of carbonyl (C=O) groups is 2. The van der Waals surface area contributed by atoms with Crippen molar-refractivity contribution in [2.75, 3.05) is 12.0 Å². The number of benzene rings is 2. The summed E-state index contributed by atoms with van der Waals surface area (Å²) >= 11 is 8.62. The smallest absolute Gasteiger partial charge is 0.270 e.